The number of para-hydroxylation sites is 1. The lowest BCUT2D eigenvalue weighted by Crippen LogP contribution is -2.45. The first-order valence-corrected chi connectivity index (χ1v) is 9.97. The maximum atomic E-state index is 12.7. The molecule has 0 aliphatic heterocycles. The molecule has 148 valence electrons. The van der Waals surface area contributed by atoms with Crippen molar-refractivity contribution >= 4 is 28.3 Å². The fourth-order valence-corrected chi connectivity index (χ4v) is 3.77. The number of ether oxygens (including phenoxy) is 1. The smallest absolute Gasteiger partial charge is 0.435 e. The van der Waals surface area contributed by atoms with E-state index in [1.165, 1.54) is 15.9 Å². The predicted octanol–water partition coefficient (Wildman–Crippen LogP) is 4.45. The number of rotatable bonds is 3. The number of aliphatic hydroxyl groups is 1. The van der Waals surface area contributed by atoms with Crippen LogP contribution in [0.15, 0.2) is 60.4 Å². The Hall–Kier alpha value is -3.16. The molecule has 7 heteroatoms. The van der Waals surface area contributed by atoms with Gasteiger partial charge in [0.25, 0.3) is 0 Å². The zero-order chi connectivity index (χ0) is 20.6. The molecule has 0 aliphatic rings. The number of nitrogens with zero attached hydrogens (tertiary/aromatic N) is 3. The van der Waals surface area contributed by atoms with Gasteiger partial charge in [-0.2, -0.15) is 4.57 Å². The minimum Gasteiger partial charge on any atom is -0.435 e. The Bertz CT molecular complexity index is 1160. The van der Waals surface area contributed by atoms with Gasteiger partial charge in [0.2, 0.25) is 5.01 Å². The summed E-state index contributed by atoms with van der Waals surface area (Å²) >= 11 is 1.42. The molecule has 1 aromatic carbocycles. The van der Waals surface area contributed by atoms with E-state index in [9.17, 15) is 9.90 Å². The topological polar surface area (TPSA) is 76.2 Å². The van der Waals surface area contributed by atoms with Gasteiger partial charge >= 0.3 is 6.09 Å². The molecule has 4 aromatic rings. The van der Waals surface area contributed by atoms with Gasteiger partial charge in [-0.15, -0.1) is 29.7 Å². The number of carbonyl (C=O) groups excluding carboxylic acids is 1. The van der Waals surface area contributed by atoms with Crippen molar-refractivity contribution in [2.45, 2.75) is 26.4 Å². The number of fused-ring (bicyclic) bond motifs is 1. The summed E-state index contributed by atoms with van der Waals surface area (Å²) in [5.74, 6) is 0. The van der Waals surface area contributed by atoms with E-state index in [1.54, 1.807) is 24.0 Å². The van der Waals surface area contributed by atoms with Gasteiger partial charge in [-0.1, -0.05) is 17.7 Å². The molecule has 0 spiro atoms. The minimum absolute atomic E-state index is 0.00917. The van der Waals surface area contributed by atoms with E-state index in [1.807, 2.05) is 57.2 Å². The van der Waals surface area contributed by atoms with Crippen LogP contribution >= 0.6 is 11.3 Å². The Morgan fingerprint density at radius 2 is 2.10 bits per heavy atom. The van der Waals surface area contributed by atoms with E-state index in [2.05, 4.69) is 9.97 Å². The SMILES string of the molecule is CC(C)(C)OC(=O)[n+]1cc([C-](O)c2c[s+][c-](-c3cccnc3)n2)c2cccc[c-]21. The van der Waals surface area contributed by atoms with Gasteiger partial charge in [0.05, 0.1) is 6.20 Å². The lowest BCUT2D eigenvalue weighted by molar-refractivity contribution is -0.559. The molecular formula is C22H20N3O3S-. The molecule has 0 fully saturated rings. The molecule has 0 unspecified atom stereocenters. The summed E-state index contributed by atoms with van der Waals surface area (Å²) in [6, 6.07) is 11.1. The molecule has 0 amide bonds. The van der Waals surface area contributed by atoms with E-state index in [-0.39, 0.29) is 6.10 Å². The van der Waals surface area contributed by atoms with Crippen molar-refractivity contribution in [3.63, 3.8) is 0 Å². The molecule has 0 saturated heterocycles. The lowest BCUT2D eigenvalue weighted by atomic mass is 10.1. The Morgan fingerprint density at radius 3 is 2.83 bits per heavy atom. The van der Waals surface area contributed by atoms with Crippen molar-refractivity contribution in [2.75, 3.05) is 0 Å². The molecule has 0 saturated carbocycles. The van der Waals surface area contributed by atoms with Crippen LogP contribution in [-0.2, 0) is 4.74 Å². The predicted molar refractivity (Wildman–Crippen MR) is 110 cm³/mol. The number of thiazole rings is 1. The van der Waals surface area contributed by atoms with Gasteiger partial charge < -0.3 is 14.8 Å². The van der Waals surface area contributed by atoms with Gasteiger partial charge in [0, 0.05) is 11.9 Å². The molecule has 0 bridgehead atoms. The Morgan fingerprint density at radius 1 is 1.28 bits per heavy atom. The number of hydrogen-bond donors (Lipinski definition) is 1. The van der Waals surface area contributed by atoms with Gasteiger partial charge in [-0.05, 0) is 38.6 Å². The van der Waals surface area contributed by atoms with Crippen LogP contribution in [0.1, 0.15) is 32.0 Å². The van der Waals surface area contributed by atoms with Crippen LogP contribution < -0.4 is 4.57 Å². The van der Waals surface area contributed by atoms with Crippen LogP contribution in [0.3, 0.4) is 0 Å². The highest BCUT2D eigenvalue weighted by atomic mass is 32.1. The van der Waals surface area contributed by atoms with Gasteiger partial charge in [-0.25, -0.2) is 4.79 Å². The highest BCUT2D eigenvalue weighted by Crippen LogP contribution is 2.31. The van der Waals surface area contributed by atoms with Crippen LogP contribution in [0.2, 0.25) is 0 Å². The molecule has 6 nitrogen and oxygen atoms in total. The molecular weight excluding hydrogens is 386 g/mol. The molecule has 0 aliphatic carbocycles. The molecule has 3 heterocycles. The number of aliphatic hydroxyl groups excluding tert-OH is 1. The standard InChI is InChI=1S/C22H20N3O3S/c1-22(2,3)28-21(27)25-12-16(15-8-4-5-9-18(15)25)19(26)17-13-29-20(24-17)14-7-6-10-23-11-14/h4-13,26H,1-3H3/q-1. The monoisotopic (exact) mass is 406 g/mol. The van der Waals surface area contributed by atoms with Crippen LogP contribution in [0.5, 0.6) is 0 Å². The summed E-state index contributed by atoms with van der Waals surface area (Å²) in [4.78, 5) is 21.3. The van der Waals surface area contributed by atoms with Crippen molar-refractivity contribution in [3.8, 4) is 10.6 Å². The first kappa shape index (κ1) is 19.2. The van der Waals surface area contributed by atoms with Crippen LogP contribution in [-0.4, -0.2) is 26.8 Å². The molecule has 0 atom stereocenters. The number of benzene rings is 1. The first-order valence-electron chi connectivity index (χ1n) is 9.09. The van der Waals surface area contributed by atoms with Crippen molar-refractivity contribution in [1.82, 2.24) is 9.97 Å². The largest absolute Gasteiger partial charge is 0.544 e. The summed E-state index contributed by atoms with van der Waals surface area (Å²) in [6.07, 6.45) is 4.54. The summed E-state index contributed by atoms with van der Waals surface area (Å²) in [5.41, 5.74) is 1.89. The first-order chi connectivity index (χ1) is 13.8. The van der Waals surface area contributed by atoms with E-state index in [4.69, 9.17) is 4.74 Å². The number of pyridine rings is 1. The van der Waals surface area contributed by atoms with E-state index in [0.717, 1.165) is 16.0 Å². The van der Waals surface area contributed by atoms with Crippen LogP contribution in [0.25, 0.3) is 21.5 Å². The number of carbonyl (C=O) groups is 1. The average Bonchev–Trinajstić information content (AvgIpc) is 3.32. The third-order valence-corrected chi connectivity index (χ3v) is 5.10. The number of aromatic nitrogens is 3. The molecule has 0 radical (unpaired) electrons. The summed E-state index contributed by atoms with van der Waals surface area (Å²) < 4.78 is 6.92. The van der Waals surface area contributed by atoms with E-state index >= 15 is 0 Å². The molecule has 29 heavy (non-hydrogen) atoms. The summed E-state index contributed by atoms with van der Waals surface area (Å²) in [5, 5.41) is 14.2. The third-order valence-electron chi connectivity index (χ3n) is 4.21. The van der Waals surface area contributed by atoms with Crippen LogP contribution in [0.4, 0.5) is 4.79 Å². The maximum absolute atomic E-state index is 12.7. The minimum atomic E-state index is -0.623. The molecule has 4 rings (SSSR count). The fourth-order valence-electron chi connectivity index (χ4n) is 2.97. The number of hydrogen-bond acceptors (Lipinski definition) is 5. The Balaban J connectivity index is 1.73. The summed E-state index contributed by atoms with van der Waals surface area (Å²) in [6.45, 7) is 5.45. The van der Waals surface area contributed by atoms with Crippen molar-refractivity contribution in [1.29, 1.82) is 0 Å². The lowest BCUT2D eigenvalue weighted by Gasteiger charge is -2.17. The highest BCUT2D eigenvalue weighted by molar-refractivity contribution is 7.13. The van der Waals surface area contributed by atoms with Gasteiger partial charge in [0.1, 0.15) is 16.5 Å². The quantitative estimate of drug-likeness (QED) is 0.309. The maximum Gasteiger partial charge on any atom is 0.544 e. The summed E-state index contributed by atoms with van der Waals surface area (Å²) in [7, 11) is 0. The highest BCUT2D eigenvalue weighted by Gasteiger charge is 2.25. The zero-order valence-corrected chi connectivity index (χ0v) is 17.1. The zero-order valence-electron chi connectivity index (χ0n) is 16.3. The molecule has 1 N–H and O–H groups in total. The second-order valence-electron chi connectivity index (χ2n) is 7.54. The second kappa shape index (κ2) is 7.35. The van der Waals surface area contributed by atoms with Crippen molar-refractivity contribution in [3.05, 3.63) is 77.7 Å². The normalized spacial score (nSPS) is 11.6. The van der Waals surface area contributed by atoms with E-state index in [0.29, 0.717) is 16.8 Å². The third kappa shape index (κ3) is 3.87. The Kier molecular flexibility index (Phi) is 4.86. The average molecular weight is 406 g/mol. The molecule has 3 aromatic heterocycles. The van der Waals surface area contributed by atoms with Crippen LogP contribution in [0, 0.1) is 6.10 Å². The van der Waals surface area contributed by atoms with E-state index < -0.39 is 11.7 Å². The Labute approximate surface area is 172 Å². The fraction of sp³-hybridized carbons (Fsp3) is 0.182. The van der Waals surface area contributed by atoms with Gasteiger partial charge in [-0.3, -0.25) is 4.98 Å². The van der Waals surface area contributed by atoms with Gasteiger partial charge in [0.15, 0.2) is 11.3 Å². The van der Waals surface area contributed by atoms with Crippen molar-refractivity contribution in [2.24, 2.45) is 0 Å². The van der Waals surface area contributed by atoms with Crippen molar-refractivity contribution < 1.29 is 19.2 Å². The second-order valence-corrected chi connectivity index (χ2v) is 8.40.